The van der Waals surface area contributed by atoms with Gasteiger partial charge in [-0.3, -0.25) is 20.0 Å². The average molecular weight is 392 g/mol. The first kappa shape index (κ1) is 19.1. The van der Waals surface area contributed by atoms with Crippen molar-refractivity contribution in [2.45, 2.75) is 25.4 Å². The summed E-state index contributed by atoms with van der Waals surface area (Å²) in [6.07, 6.45) is 3.69. The van der Waals surface area contributed by atoms with Crippen LogP contribution >= 0.6 is 0 Å². The van der Waals surface area contributed by atoms with Crippen LogP contribution in [0.25, 0.3) is 10.9 Å². The number of rotatable bonds is 6. The number of hydrogen-bond acceptors (Lipinski definition) is 6. The van der Waals surface area contributed by atoms with Crippen molar-refractivity contribution in [3.05, 3.63) is 70.4 Å². The van der Waals surface area contributed by atoms with E-state index in [1.54, 1.807) is 37.6 Å². The molecular formula is C22H24N4O3. The molecule has 0 unspecified atom stereocenters. The Balaban J connectivity index is 1.41. The van der Waals surface area contributed by atoms with Gasteiger partial charge in [-0.25, -0.2) is 0 Å². The molecule has 2 heterocycles. The minimum Gasteiger partial charge on any atom is -0.497 e. The molecule has 1 saturated heterocycles. The van der Waals surface area contributed by atoms with Gasteiger partial charge in [0.2, 0.25) is 0 Å². The molecule has 1 aliphatic rings. The molecule has 0 saturated carbocycles. The first-order valence-electron chi connectivity index (χ1n) is 9.78. The van der Waals surface area contributed by atoms with Crippen LogP contribution in [0.15, 0.2) is 54.7 Å². The number of likely N-dealkylation sites (tertiary alicyclic amines) is 1. The van der Waals surface area contributed by atoms with E-state index in [9.17, 15) is 10.1 Å². The number of hydrogen-bond donors (Lipinski definition) is 1. The third-order valence-electron chi connectivity index (χ3n) is 5.43. The van der Waals surface area contributed by atoms with E-state index in [-0.39, 0.29) is 10.6 Å². The Morgan fingerprint density at radius 2 is 2.03 bits per heavy atom. The monoisotopic (exact) mass is 392 g/mol. The van der Waals surface area contributed by atoms with Crippen LogP contribution in [0.3, 0.4) is 0 Å². The Kier molecular flexibility index (Phi) is 5.57. The van der Waals surface area contributed by atoms with E-state index in [0.29, 0.717) is 16.9 Å². The fraction of sp³-hybridized carbons (Fsp3) is 0.318. The maximum Gasteiger partial charge on any atom is 0.278 e. The Morgan fingerprint density at radius 3 is 2.79 bits per heavy atom. The zero-order valence-electron chi connectivity index (χ0n) is 16.4. The van der Waals surface area contributed by atoms with Crippen LogP contribution in [-0.2, 0) is 6.54 Å². The van der Waals surface area contributed by atoms with Gasteiger partial charge in [-0.15, -0.1) is 0 Å². The van der Waals surface area contributed by atoms with Crippen molar-refractivity contribution in [1.29, 1.82) is 0 Å². The quantitative estimate of drug-likeness (QED) is 0.499. The number of benzene rings is 2. The number of ether oxygens (including phenoxy) is 1. The minimum absolute atomic E-state index is 0.0896. The van der Waals surface area contributed by atoms with Crippen LogP contribution in [0, 0.1) is 10.1 Å². The molecule has 0 aliphatic carbocycles. The molecule has 7 heteroatoms. The summed E-state index contributed by atoms with van der Waals surface area (Å²) in [4.78, 5) is 17.8. The average Bonchev–Trinajstić information content (AvgIpc) is 2.75. The van der Waals surface area contributed by atoms with Crippen molar-refractivity contribution in [3.63, 3.8) is 0 Å². The van der Waals surface area contributed by atoms with Gasteiger partial charge in [0, 0.05) is 37.9 Å². The van der Waals surface area contributed by atoms with Crippen LogP contribution < -0.4 is 10.1 Å². The molecule has 4 rings (SSSR count). The number of methoxy groups -OCH3 is 1. The first-order valence-corrected chi connectivity index (χ1v) is 9.78. The van der Waals surface area contributed by atoms with Gasteiger partial charge in [0.25, 0.3) is 5.69 Å². The molecule has 3 aromatic rings. The van der Waals surface area contributed by atoms with Crippen LogP contribution in [0.1, 0.15) is 18.4 Å². The van der Waals surface area contributed by atoms with E-state index in [1.165, 1.54) is 5.56 Å². The van der Waals surface area contributed by atoms with Gasteiger partial charge < -0.3 is 10.1 Å². The summed E-state index contributed by atoms with van der Waals surface area (Å²) in [5, 5.41) is 15.4. The second-order valence-corrected chi connectivity index (χ2v) is 7.34. The van der Waals surface area contributed by atoms with Gasteiger partial charge >= 0.3 is 0 Å². The molecule has 2 aromatic carbocycles. The lowest BCUT2D eigenvalue weighted by Crippen LogP contribution is -2.38. The molecule has 1 N–H and O–H groups in total. The maximum atomic E-state index is 11.3. The largest absolute Gasteiger partial charge is 0.497 e. The summed E-state index contributed by atoms with van der Waals surface area (Å²) in [5.74, 6) is 0.886. The molecule has 0 spiro atoms. The van der Waals surface area contributed by atoms with Crippen LogP contribution in [0.4, 0.5) is 11.4 Å². The molecule has 0 bridgehead atoms. The predicted octanol–water partition coefficient (Wildman–Crippen LogP) is 4.23. The van der Waals surface area contributed by atoms with Gasteiger partial charge in [0.1, 0.15) is 11.3 Å². The lowest BCUT2D eigenvalue weighted by Gasteiger charge is -2.33. The van der Waals surface area contributed by atoms with Crippen molar-refractivity contribution in [2.24, 2.45) is 0 Å². The van der Waals surface area contributed by atoms with Crippen molar-refractivity contribution >= 4 is 22.3 Å². The second-order valence-electron chi connectivity index (χ2n) is 7.34. The maximum absolute atomic E-state index is 11.3. The Morgan fingerprint density at radius 1 is 1.21 bits per heavy atom. The van der Waals surface area contributed by atoms with E-state index in [4.69, 9.17) is 4.74 Å². The molecule has 29 heavy (non-hydrogen) atoms. The summed E-state index contributed by atoms with van der Waals surface area (Å²) in [6, 6.07) is 15.3. The smallest absolute Gasteiger partial charge is 0.278 e. The number of pyridine rings is 1. The third kappa shape index (κ3) is 4.30. The van der Waals surface area contributed by atoms with Crippen molar-refractivity contribution in [1.82, 2.24) is 9.88 Å². The van der Waals surface area contributed by atoms with Crippen LogP contribution in [0.5, 0.6) is 5.75 Å². The molecule has 150 valence electrons. The van der Waals surface area contributed by atoms with E-state index >= 15 is 0 Å². The normalized spacial score (nSPS) is 15.3. The predicted molar refractivity (Wildman–Crippen MR) is 113 cm³/mol. The Hall–Kier alpha value is -3.19. The highest BCUT2D eigenvalue weighted by atomic mass is 16.6. The van der Waals surface area contributed by atoms with Gasteiger partial charge in [0.05, 0.1) is 23.1 Å². The molecule has 1 aromatic heterocycles. The lowest BCUT2D eigenvalue weighted by molar-refractivity contribution is -0.383. The fourth-order valence-electron chi connectivity index (χ4n) is 3.92. The molecule has 0 amide bonds. The summed E-state index contributed by atoms with van der Waals surface area (Å²) in [6.45, 7) is 2.90. The minimum atomic E-state index is -0.356. The van der Waals surface area contributed by atoms with E-state index in [0.717, 1.165) is 43.9 Å². The Bertz CT molecular complexity index is 1020. The van der Waals surface area contributed by atoms with Crippen molar-refractivity contribution in [3.8, 4) is 5.75 Å². The number of nitrogens with zero attached hydrogens (tertiary/aromatic N) is 3. The number of aromatic nitrogens is 1. The molecule has 7 nitrogen and oxygen atoms in total. The lowest BCUT2D eigenvalue weighted by atomic mass is 10.0. The van der Waals surface area contributed by atoms with Crippen LogP contribution in [-0.4, -0.2) is 41.0 Å². The van der Waals surface area contributed by atoms with Gasteiger partial charge in [-0.05, 0) is 48.7 Å². The molecule has 0 atom stereocenters. The van der Waals surface area contributed by atoms with Gasteiger partial charge in [-0.1, -0.05) is 12.1 Å². The summed E-state index contributed by atoms with van der Waals surface area (Å²) >= 11 is 0. The van der Waals surface area contributed by atoms with Gasteiger partial charge in [-0.2, -0.15) is 0 Å². The SMILES string of the molecule is COc1cccc(CN2CCC(Nc3ccc([N+](=O)[O-])c4cccnc34)CC2)c1. The topological polar surface area (TPSA) is 80.5 Å². The van der Waals surface area contributed by atoms with Crippen molar-refractivity contribution < 1.29 is 9.66 Å². The first-order chi connectivity index (χ1) is 14.1. The molecular weight excluding hydrogens is 368 g/mol. The highest BCUT2D eigenvalue weighted by Gasteiger charge is 2.21. The number of nitro benzene ring substituents is 1. The number of non-ortho nitro benzene ring substituents is 1. The van der Waals surface area contributed by atoms with E-state index in [1.807, 2.05) is 12.1 Å². The number of anilines is 1. The van der Waals surface area contributed by atoms with E-state index < -0.39 is 0 Å². The molecule has 1 aliphatic heterocycles. The molecule has 0 radical (unpaired) electrons. The Labute approximate surface area is 169 Å². The standard InChI is InChI=1S/C22H24N4O3/c1-29-18-5-2-4-16(14-18)15-25-12-9-17(10-13-25)24-20-7-8-21(26(27)28)19-6-3-11-23-22(19)20/h2-8,11,14,17,24H,9-10,12-13,15H2,1H3. The zero-order chi connectivity index (χ0) is 20.2. The van der Waals surface area contributed by atoms with E-state index in [2.05, 4.69) is 27.3 Å². The van der Waals surface area contributed by atoms with Gasteiger partial charge in [0.15, 0.2) is 0 Å². The zero-order valence-corrected chi connectivity index (χ0v) is 16.4. The highest BCUT2D eigenvalue weighted by molar-refractivity contribution is 5.96. The summed E-state index contributed by atoms with van der Waals surface area (Å²) < 4.78 is 5.31. The second kappa shape index (κ2) is 8.45. The fourth-order valence-corrected chi connectivity index (χ4v) is 3.92. The number of piperidine rings is 1. The van der Waals surface area contributed by atoms with Crippen molar-refractivity contribution in [2.75, 3.05) is 25.5 Å². The summed E-state index contributed by atoms with van der Waals surface area (Å²) in [7, 11) is 1.69. The molecule has 1 fully saturated rings. The number of nitro groups is 1. The van der Waals surface area contributed by atoms with Crippen LogP contribution in [0.2, 0.25) is 0 Å². The summed E-state index contributed by atoms with van der Waals surface area (Å²) in [5.41, 5.74) is 2.85. The number of fused-ring (bicyclic) bond motifs is 1. The third-order valence-corrected chi connectivity index (χ3v) is 5.43. The number of nitrogens with one attached hydrogen (secondary N) is 1. The highest BCUT2D eigenvalue weighted by Crippen LogP contribution is 2.31.